The van der Waals surface area contributed by atoms with Gasteiger partial charge in [0.2, 0.25) is 5.91 Å². The van der Waals surface area contributed by atoms with Gasteiger partial charge in [0, 0.05) is 17.7 Å². The topological polar surface area (TPSA) is 29.1 Å². The van der Waals surface area contributed by atoms with Gasteiger partial charge in [0.1, 0.15) is 6.54 Å². The molecule has 152 valence electrons. The average molecular weight is 374 g/mol. The van der Waals surface area contributed by atoms with Crippen LogP contribution in [0, 0.1) is 19.3 Å². The molecule has 1 aliphatic rings. The highest BCUT2D eigenvalue weighted by atomic mass is 16.1. The predicted molar refractivity (Wildman–Crippen MR) is 116 cm³/mol. The van der Waals surface area contributed by atoms with Crippen LogP contribution in [0.25, 0.3) is 0 Å². The minimum Gasteiger partial charge on any atom is -0.326 e. The van der Waals surface area contributed by atoms with Crippen molar-refractivity contribution in [2.45, 2.75) is 86.1 Å². The van der Waals surface area contributed by atoms with E-state index in [0.29, 0.717) is 6.42 Å². The van der Waals surface area contributed by atoms with Crippen molar-refractivity contribution in [1.29, 1.82) is 0 Å². The first-order chi connectivity index (χ1) is 12.6. The van der Waals surface area contributed by atoms with Gasteiger partial charge in [0.25, 0.3) is 0 Å². The second kappa shape index (κ2) is 9.23. The summed E-state index contributed by atoms with van der Waals surface area (Å²) in [5.41, 5.74) is 4.78. The lowest BCUT2D eigenvalue weighted by Gasteiger charge is -2.35. The van der Waals surface area contributed by atoms with Crippen molar-refractivity contribution in [2.24, 2.45) is 5.41 Å². The third-order valence-electron chi connectivity index (χ3n) is 5.76. The van der Waals surface area contributed by atoms with E-state index in [0.717, 1.165) is 16.7 Å². The maximum atomic E-state index is 12.4. The summed E-state index contributed by atoms with van der Waals surface area (Å²) in [6.07, 6.45) is 8.80. The molecule has 3 nitrogen and oxygen atoms in total. The van der Waals surface area contributed by atoms with Crippen molar-refractivity contribution in [3.63, 3.8) is 0 Å². The van der Waals surface area contributed by atoms with E-state index >= 15 is 0 Å². The van der Waals surface area contributed by atoms with Gasteiger partial charge in [-0.3, -0.25) is 4.79 Å². The van der Waals surface area contributed by atoms with Crippen molar-refractivity contribution in [3.05, 3.63) is 28.8 Å². The van der Waals surface area contributed by atoms with E-state index in [1.54, 1.807) is 0 Å². The SMILES string of the molecule is Cc1cc(C[N+]2(C)CCCCCCCC2)cc(C)c1NC(=O)CC(C)(C)C. The molecule has 0 bridgehead atoms. The number of nitrogens with zero attached hydrogens (tertiary/aromatic N) is 1. The number of hydrogen-bond donors (Lipinski definition) is 1. The molecular formula is C24H41N2O+. The molecule has 27 heavy (non-hydrogen) atoms. The lowest BCUT2D eigenvalue weighted by atomic mass is 9.91. The third-order valence-corrected chi connectivity index (χ3v) is 5.76. The smallest absolute Gasteiger partial charge is 0.224 e. The van der Waals surface area contributed by atoms with Crippen LogP contribution in [0.4, 0.5) is 5.69 Å². The van der Waals surface area contributed by atoms with Crippen LogP contribution in [0.1, 0.15) is 82.4 Å². The van der Waals surface area contributed by atoms with Gasteiger partial charge >= 0.3 is 0 Å². The highest BCUT2D eigenvalue weighted by Crippen LogP contribution is 2.27. The van der Waals surface area contributed by atoms with Gasteiger partial charge in [-0.1, -0.05) is 33.6 Å². The number of benzene rings is 1. The Bertz CT molecular complexity index is 609. The van der Waals surface area contributed by atoms with E-state index in [9.17, 15) is 4.79 Å². The van der Waals surface area contributed by atoms with Crippen molar-refractivity contribution >= 4 is 11.6 Å². The van der Waals surface area contributed by atoms with Gasteiger partial charge in [0.05, 0.1) is 20.1 Å². The monoisotopic (exact) mass is 373 g/mol. The van der Waals surface area contributed by atoms with Crippen LogP contribution in [-0.4, -0.2) is 30.5 Å². The minimum absolute atomic E-state index is 0.00876. The summed E-state index contributed by atoms with van der Waals surface area (Å²) >= 11 is 0. The fourth-order valence-corrected chi connectivity index (χ4v) is 4.41. The van der Waals surface area contributed by atoms with E-state index < -0.39 is 0 Å². The maximum Gasteiger partial charge on any atom is 0.224 e. The Kier molecular flexibility index (Phi) is 7.50. The number of anilines is 1. The molecule has 1 fully saturated rings. The number of rotatable bonds is 4. The molecule has 0 unspecified atom stereocenters. The van der Waals surface area contributed by atoms with Crippen LogP contribution in [-0.2, 0) is 11.3 Å². The second-order valence-electron chi connectivity index (χ2n) is 10.2. The Morgan fingerprint density at radius 3 is 1.93 bits per heavy atom. The Morgan fingerprint density at radius 2 is 1.44 bits per heavy atom. The molecule has 1 N–H and O–H groups in total. The number of carbonyl (C=O) groups excluding carboxylic acids is 1. The largest absolute Gasteiger partial charge is 0.326 e. The molecular weight excluding hydrogens is 332 g/mol. The van der Waals surface area contributed by atoms with Crippen molar-refractivity contribution in [2.75, 3.05) is 25.5 Å². The zero-order chi connectivity index (χ0) is 20.1. The van der Waals surface area contributed by atoms with E-state index in [1.807, 2.05) is 0 Å². The molecule has 1 heterocycles. The number of nitrogens with one attached hydrogen (secondary N) is 1. The normalized spacial score (nSPS) is 18.3. The summed E-state index contributed by atoms with van der Waals surface area (Å²) in [4.78, 5) is 12.4. The summed E-state index contributed by atoms with van der Waals surface area (Å²) in [7, 11) is 2.43. The molecule has 1 saturated heterocycles. The summed E-state index contributed by atoms with van der Waals surface area (Å²) in [5, 5.41) is 3.16. The molecule has 0 aromatic heterocycles. The zero-order valence-corrected chi connectivity index (χ0v) is 18.6. The van der Waals surface area contributed by atoms with Crippen LogP contribution in [0.2, 0.25) is 0 Å². The molecule has 1 aromatic rings. The lowest BCUT2D eigenvalue weighted by Crippen LogP contribution is -2.44. The van der Waals surface area contributed by atoms with Gasteiger partial charge in [-0.15, -0.1) is 0 Å². The molecule has 1 aliphatic heterocycles. The molecule has 0 radical (unpaired) electrons. The molecule has 3 heteroatoms. The number of quaternary nitrogens is 1. The van der Waals surface area contributed by atoms with Gasteiger partial charge in [-0.25, -0.2) is 0 Å². The standard InChI is InChI=1S/C24H40N2O/c1-19-15-21(18-26(6)13-11-9-7-8-10-12-14-26)16-20(2)23(19)25-22(27)17-24(3,4)5/h15-16H,7-14,17-18H2,1-6H3/p+1. The summed E-state index contributed by atoms with van der Waals surface area (Å²) in [5.74, 6) is 0.112. The van der Waals surface area contributed by atoms with Crippen molar-refractivity contribution in [1.82, 2.24) is 0 Å². The molecule has 1 amide bonds. The van der Waals surface area contributed by atoms with Gasteiger partial charge in [-0.2, -0.15) is 0 Å². The molecule has 0 atom stereocenters. The van der Waals surface area contributed by atoms with E-state index in [1.165, 1.54) is 68.3 Å². The summed E-state index contributed by atoms with van der Waals surface area (Å²) in [6.45, 7) is 14.2. The molecule has 2 rings (SSSR count). The number of hydrogen-bond acceptors (Lipinski definition) is 1. The predicted octanol–water partition coefficient (Wildman–Crippen LogP) is 5.98. The van der Waals surface area contributed by atoms with Crippen molar-refractivity contribution < 1.29 is 9.28 Å². The highest BCUT2D eigenvalue weighted by molar-refractivity contribution is 5.92. The lowest BCUT2D eigenvalue weighted by molar-refractivity contribution is -0.923. The maximum absolute atomic E-state index is 12.4. The van der Waals surface area contributed by atoms with Crippen LogP contribution in [0.15, 0.2) is 12.1 Å². The second-order valence-corrected chi connectivity index (χ2v) is 10.2. The fourth-order valence-electron chi connectivity index (χ4n) is 4.41. The quantitative estimate of drug-likeness (QED) is 0.646. The van der Waals surface area contributed by atoms with Crippen LogP contribution in [0.5, 0.6) is 0 Å². The van der Waals surface area contributed by atoms with Gasteiger partial charge in [0.15, 0.2) is 0 Å². The Balaban J connectivity index is 2.11. The Morgan fingerprint density at radius 1 is 0.963 bits per heavy atom. The van der Waals surface area contributed by atoms with E-state index in [4.69, 9.17) is 0 Å². The van der Waals surface area contributed by atoms with Gasteiger partial charge in [-0.05, 0) is 68.2 Å². The Hall–Kier alpha value is -1.35. The van der Waals surface area contributed by atoms with Crippen LogP contribution >= 0.6 is 0 Å². The van der Waals surface area contributed by atoms with Crippen LogP contribution < -0.4 is 5.32 Å². The number of carbonyl (C=O) groups is 1. The molecule has 0 saturated carbocycles. The van der Waals surface area contributed by atoms with E-state index in [2.05, 4.69) is 59.1 Å². The van der Waals surface area contributed by atoms with Crippen LogP contribution in [0.3, 0.4) is 0 Å². The highest BCUT2D eigenvalue weighted by Gasteiger charge is 2.23. The van der Waals surface area contributed by atoms with Gasteiger partial charge < -0.3 is 9.80 Å². The minimum atomic E-state index is 0.00876. The molecule has 0 aliphatic carbocycles. The Labute approximate surface area is 167 Å². The first kappa shape index (κ1) is 21.9. The van der Waals surface area contributed by atoms with E-state index in [-0.39, 0.29) is 11.3 Å². The number of aryl methyl sites for hydroxylation is 2. The zero-order valence-electron chi connectivity index (χ0n) is 18.6. The molecule has 0 spiro atoms. The average Bonchev–Trinajstić information content (AvgIpc) is 2.61. The molecule has 1 aromatic carbocycles. The first-order valence-corrected chi connectivity index (χ1v) is 10.8. The first-order valence-electron chi connectivity index (χ1n) is 10.8. The number of amides is 1. The van der Waals surface area contributed by atoms with Crippen molar-refractivity contribution in [3.8, 4) is 0 Å². The summed E-state index contributed by atoms with van der Waals surface area (Å²) < 4.78 is 1.15. The third kappa shape index (κ3) is 7.29. The fraction of sp³-hybridized carbons (Fsp3) is 0.708. The summed E-state index contributed by atoms with van der Waals surface area (Å²) in [6, 6.07) is 4.58.